The Morgan fingerprint density at radius 3 is 1.79 bits per heavy atom. The number of benzene rings is 2. The van der Waals surface area contributed by atoms with Crippen molar-refractivity contribution in [1.29, 1.82) is 0 Å². The van der Waals surface area contributed by atoms with Crippen molar-refractivity contribution in [3.63, 3.8) is 0 Å². The van der Waals surface area contributed by atoms with E-state index in [1.165, 1.54) is 3.57 Å². The molecule has 0 saturated carbocycles. The highest BCUT2D eigenvalue weighted by molar-refractivity contribution is 14.1. The van der Waals surface area contributed by atoms with Crippen molar-refractivity contribution in [1.82, 2.24) is 9.97 Å². The Kier molecular flexibility index (Phi) is 12.2. The van der Waals surface area contributed by atoms with Crippen LogP contribution in [-0.4, -0.2) is 23.1 Å². The molecule has 5 N–H and O–H groups in total. The molecule has 0 bridgehead atoms. The van der Waals surface area contributed by atoms with Crippen molar-refractivity contribution >= 4 is 51.3 Å². The molecule has 4 aromatic rings. The van der Waals surface area contributed by atoms with Crippen LogP contribution in [0.1, 0.15) is 13.8 Å². The first-order chi connectivity index (χ1) is 16.1. The predicted octanol–water partition coefficient (Wildman–Crippen LogP) is 6.64. The van der Waals surface area contributed by atoms with Crippen LogP contribution in [0.2, 0.25) is 0 Å². The third kappa shape index (κ3) is 10.2. The predicted molar refractivity (Wildman–Crippen MR) is 150 cm³/mol. The molecule has 2 aromatic heterocycles. The van der Waals surface area contributed by atoms with Crippen molar-refractivity contribution in [2.24, 2.45) is 0 Å². The van der Waals surface area contributed by atoms with Gasteiger partial charge in [-0.2, -0.15) is 0 Å². The van der Waals surface area contributed by atoms with Gasteiger partial charge in [-0.3, -0.25) is 0 Å². The van der Waals surface area contributed by atoms with Crippen LogP contribution < -0.4 is 21.7 Å². The molecule has 172 valence electrons. The summed E-state index contributed by atoms with van der Waals surface area (Å²) in [5.74, 6) is 1.65. The zero-order valence-corrected chi connectivity index (χ0v) is 21.2. The Balaban J connectivity index is 0.000000193. The maximum atomic E-state index is 5.58. The Morgan fingerprint density at radius 1 is 0.697 bits per heavy atom. The molecule has 0 aliphatic carbocycles. The van der Waals surface area contributed by atoms with Gasteiger partial charge in [0.05, 0.1) is 11.4 Å². The lowest BCUT2D eigenvalue weighted by atomic mass is 10.3. The molecule has 4 rings (SSSR count). The molecule has 0 unspecified atom stereocenters. The van der Waals surface area contributed by atoms with Gasteiger partial charge in [-0.15, -0.1) is 0 Å². The van der Waals surface area contributed by atoms with Gasteiger partial charge >= 0.3 is 0 Å². The van der Waals surface area contributed by atoms with Crippen LogP contribution in [0.4, 0.5) is 28.7 Å². The van der Waals surface area contributed by atoms with Crippen molar-refractivity contribution in [3.8, 4) is 0 Å². The normalized spacial score (nSPS) is 9.42. The van der Waals surface area contributed by atoms with Crippen LogP contribution >= 0.6 is 22.6 Å². The van der Waals surface area contributed by atoms with Crippen LogP contribution in [0.25, 0.3) is 0 Å². The van der Waals surface area contributed by atoms with E-state index in [4.69, 9.17) is 5.73 Å². The molecule has 2 aromatic carbocycles. The number of anilines is 5. The fourth-order valence-corrected chi connectivity index (χ4v) is 3.05. The van der Waals surface area contributed by atoms with Gasteiger partial charge in [0, 0.05) is 34.7 Å². The number of nitrogens with two attached hydrogens (primary N) is 1. The minimum Gasteiger partial charge on any atom is -0.396 e. The number of hydrogen-bond donors (Lipinski definition) is 4. The molecule has 6 nitrogen and oxygen atoms in total. The van der Waals surface area contributed by atoms with Gasteiger partial charge in [0.15, 0.2) is 0 Å². The van der Waals surface area contributed by atoms with E-state index in [0.29, 0.717) is 5.69 Å². The molecular weight excluding hydrogens is 523 g/mol. The molecule has 0 radical (unpaired) electrons. The highest BCUT2D eigenvalue weighted by Crippen LogP contribution is 2.22. The molecule has 0 spiro atoms. The highest BCUT2D eigenvalue weighted by Gasteiger charge is 2.01. The molecule has 0 amide bonds. The molecule has 0 aliphatic rings. The number of halogens is 1. The SMILES string of the molecule is CCNc1ncccc1N.CCNc1ncccc1Nc1ccccc1.Ic1ccccc1. The number of para-hydroxylation sites is 1. The van der Waals surface area contributed by atoms with Crippen molar-refractivity contribution in [3.05, 3.63) is 101 Å². The summed E-state index contributed by atoms with van der Waals surface area (Å²) in [7, 11) is 0. The maximum Gasteiger partial charge on any atom is 0.149 e. The standard InChI is InChI=1S/C13H15N3.C7H11N3.C6H5I/c1-2-14-13-12(9-6-10-15-13)16-11-7-4-3-5-8-11;1-2-9-7-6(8)4-3-5-10-7;7-6-4-2-1-3-5-6/h3-10,16H,2H2,1H3,(H,14,15);3-5H,2,8H2,1H3,(H,9,10);1-5H. The maximum absolute atomic E-state index is 5.58. The molecule has 0 aliphatic heterocycles. The number of aromatic nitrogens is 2. The summed E-state index contributed by atoms with van der Waals surface area (Å²) >= 11 is 2.28. The number of nitrogens with one attached hydrogen (secondary N) is 3. The molecule has 7 heteroatoms. The topological polar surface area (TPSA) is 87.9 Å². The second kappa shape index (κ2) is 15.5. The van der Waals surface area contributed by atoms with E-state index in [9.17, 15) is 0 Å². The average Bonchev–Trinajstić information content (AvgIpc) is 2.84. The highest BCUT2D eigenvalue weighted by atomic mass is 127. The van der Waals surface area contributed by atoms with Gasteiger partial charge < -0.3 is 21.7 Å². The quantitative estimate of drug-likeness (QED) is 0.200. The number of nitrogens with zero attached hydrogens (tertiary/aromatic N) is 2. The van der Waals surface area contributed by atoms with Gasteiger partial charge in [-0.05, 0) is 85.0 Å². The van der Waals surface area contributed by atoms with E-state index in [2.05, 4.69) is 67.6 Å². The smallest absolute Gasteiger partial charge is 0.149 e. The summed E-state index contributed by atoms with van der Waals surface area (Å²) in [4.78, 5) is 8.32. The second-order valence-corrected chi connectivity index (χ2v) is 7.93. The second-order valence-electron chi connectivity index (χ2n) is 6.69. The van der Waals surface area contributed by atoms with E-state index >= 15 is 0 Å². The van der Waals surface area contributed by atoms with Gasteiger partial charge in [0.25, 0.3) is 0 Å². The number of pyridine rings is 2. The van der Waals surface area contributed by atoms with Crippen LogP contribution in [0.15, 0.2) is 97.3 Å². The Hall–Kier alpha value is -3.33. The molecule has 33 heavy (non-hydrogen) atoms. The third-order valence-corrected chi connectivity index (χ3v) is 4.84. The summed E-state index contributed by atoms with van der Waals surface area (Å²) in [5.41, 5.74) is 8.34. The summed E-state index contributed by atoms with van der Waals surface area (Å²) in [5, 5.41) is 9.59. The lowest BCUT2D eigenvalue weighted by Crippen LogP contribution is -2.02. The van der Waals surface area contributed by atoms with Crippen LogP contribution in [0, 0.1) is 3.57 Å². The summed E-state index contributed by atoms with van der Waals surface area (Å²) < 4.78 is 1.29. The third-order valence-electron chi connectivity index (χ3n) is 4.12. The lowest BCUT2D eigenvalue weighted by Gasteiger charge is -2.11. The fourth-order valence-electron chi connectivity index (χ4n) is 2.64. The number of hydrogen-bond acceptors (Lipinski definition) is 6. The van der Waals surface area contributed by atoms with Gasteiger partial charge in [0.1, 0.15) is 11.6 Å². The summed E-state index contributed by atoms with van der Waals surface area (Å²) in [6, 6.07) is 27.9. The monoisotopic (exact) mass is 554 g/mol. The van der Waals surface area contributed by atoms with Crippen molar-refractivity contribution in [2.75, 3.05) is 34.8 Å². The zero-order valence-electron chi connectivity index (χ0n) is 19.0. The van der Waals surface area contributed by atoms with E-state index in [1.54, 1.807) is 12.4 Å². The molecule has 2 heterocycles. The van der Waals surface area contributed by atoms with E-state index in [-0.39, 0.29) is 0 Å². The van der Waals surface area contributed by atoms with Crippen LogP contribution in [-0.2, 0) is 0 Å². The van der Waals surface area contributed by atoms with Crippen LogP contribution in [0.3, 0.4) is 0 Å². The van der Waals surface area contributed by atoms with Crippen molar-refractivity contribution in [2.45, 2.75) is 13.8 Å². The first-order valence-electron chi connectivity index (χ1n) is 10.8. The minimum atomic E-state index is 0.698. The van der Waals surface area contributed by atoms with Crippen LogP contribution in [0.5, 0.6) is 0 Å². The molecular formula is C26H31IN6. The first kappa shape index (κ1) is 25.9. The van der Waals surface area contributed by atoms with Gasteiger partial charge in [0.2, 0.25) is 0 Å². The Bertz CT molecular complexity index is 1040. The Morgan fingerprint density at radius 2 is 1.24 bits per heavy atom. The number of rotatable bonds is 6. The molecule has 0 fully saturated rings. The van der Waals surface area contributed by atoms with E-state index in [0.717, 1.165) is 36.1 Å². The van der Waals surface area contributed by atoms with E-state index in [1.807, 2.05) is 79.7 Å². The van der Waals surface area contributed by atoms with E-state index < -0.39 is 0 Å². The molecule has 0 atom stereocenters. The van der Waals surface area contributed by atoms with Gasteiger partial charge in [-0.25, -0.2) is 9.97 Å². The number of nitrogen functional groups attached to an aromatic ring is 1. The lowest BCUT2D eigenvalue weighted by molar-refractivity contribution is 1.16. The summed E-state index contributed by atoms with van der Waals surface area (Å²) in [6.45, 7) is 5.77. The zero-order chi connectivity index (χ0) is 23.7. The van der Waals surface area contributed by atoms with Crippen molar-refractivity contribution < 1.29 is 0 Å². The fraction of sp³-hybridized carbons (Fsp3) is 0.154. The Labute approximate surface area is 210 Å². The largest absolute Gasteiger partial charge is 0.396 e. The average molecular weight is 554 g/mol. The summed E-state index contributed by atoms with van der Waals surface area (Å²) in [6.07, 6.45) is 3.50. The van der Waals surface area contributed by atoms with Gasteiger partial charge in [-0.1, -0.05) is 36.4 Å². The molecule has 0 saturated heterocycles. The first-order valence-corrected chi connectivity index (χ1v) is 11.9. The minimum absolute atomic E-state index is 0.698.